The van der Waals surface area contributed by atoms with E-state index in [4.69, 9.17) is 4.74 Å². The summed E-state index contributed by atoms with van der Waals surface area (Å²) < 4.78 is 7.46. The van der Waals surface area contributed by atoms with E-state index in [0.717, 1.165) is 38.3 Å². The van der Waals surface area contributed by atoms with E-state index in [1.54, 1.807) is 0 Å². The van der Waals surface area contributed by atoms with Gasteiger partial charge in [0.05, 0.1) is 5.69 Å². The van der Waals surface area contributed by atoms with Crippen LogP contribution >= 0.6 is 0 Å². The molecule has 0 aliphatic rings. The Hall–Kier alpha value is -0.830. The van der Waals surface area contributed by atoms with E-state index < -0.39 is 0 Å². The van der Waals surface area contributed by atoms with Crippen molar-refractivity contribution in [2.45, 2.75) is 40.2 Å². The van der Waals surface area contributed by atoms with Crippen LogP contribution in [0.3, 0.4) is 0 Å². The number of nitrogens with zero attached hydrogens (tertiary/aromatic N) is 2. The molecule has 0 aliphatic heterocycles. The quantitative estimate of drug-likeness (QED) is 0.650. The molecule has 79 valence electrons. The number of imidazole rings is 1. The van der Waals surface area contributed by atoms with Crippen LogP contribution in [0.2, 0.25) is 0 Å². The zero-order valence-corrected chi connectivity index (χ0v) is 9.34. The van der Waals surface area contributed by atoms with Gasteiger partial charge >= 0.3 is 0 Å². The maximum atomic E-state index is 5.40. The van der Waals surface area contributed by atoms with Crippen LogP contribution in [0, 0.1) is 20.2 Å². The van der Waals surface area contributed by atoms with Crippen LogP contribution in [0.15, 0.2) is 0 Å². The Morgan fingerprint density at radius 1 is 1.36 bits per heavy atom. The molecule has 0 amide bonds. The lowest BCUT2D eigenvalue weighted by Crippen LogP contribution is -2.04. The topological polar surface area (TPSA) is 27.1 Å². The maximum absolute atomic E-state index is 5.40. The van der Waals surface area contributed by atoms with Gasteiger partial charge in [-0.05, 0) is 26.7 Å². The van der Waals surface area contributed by atoms with E-state index >= 15 is 0 Å². The highest BCUT2D eigenvalue weighted by Gasteiger charge is 2.01. The van der Waals surface area contributed by atoms with E-state index in [2.05, 4.69) is 29.7 Å². The summed E-state index contributed by atoms with van der Waals surface area (Å²) in [6, 6.07) is 0. The molecule has 0 spiro atoms. The van der Waals surface area contributed by atoms with Crippen molar-refractivity contribution in [3.8, 4) is 0 Å². The molecule has 0 N–H and O–H groups in total. The van der Waals surface area contributed by atoms with E-state index in [-0.39, 0.29) is 0 Å². The highest BCUT2D eigenvalue weighted by atomic mass is 16.5. The third-order valence-corrected chi connectivity index (χ3v) is 2.29. The minimum atomic E-state index is 0.832. The van der Waals surface area contributed by atoms with Crippen LogP contribution in [0.5, 0.6) is 0 Å². The normalized spacial score (nSPS) is 10.8. The molecule has 3 heteroatoms. The summed E-state index contributed by atoms with van der Waals surface area (Å²) in [6.07, 6.45) is 5.10. The molecule has 1 radical (unpaired) electrons. The maximum Gasteiger partial charge on any atom is 0.176 e. The highest BCUT2D eigenvalue weighted by molar-refractivity contribution is 5.07. The van der Waals surface area contributed by atoms with Gasteiger partial charge in [0.25, 0.3) is 0 Å². The molecule has 0 aliphatic carbocycles. The fourth-order valence-corrected chi connectivity index (χ4v) is 1.28. The Kier molecular flexibility index (Phi) is 4.66. The molecule has 1 aromatic heterocycles. The van der Waals surface area contributed by atoms with E-state index in [1.165, 1.54) is 5.69 Å². The van der Waals surface area contributed by atoms with Crippen molar-refractivity contribution in [1.82, 2.24) is 9.55 Å². The second kappa shape index (κ2) is 5.81. The smallest absolute Gasteiger partial charge is 0.176 e. The van der Waals surface area contributed by atoms with Gasteiger partial charge in [-0.2, -0.15) is 0 Å². The summed E-state index contributed by atoms with van der Waals surface area (Å²) in [5.74, 6) is 0. The van der Waals surface area contributed by atoms with Crippen LogP contribution in [0.4, 0.5) is 0 Å². The average Bonchev–Trinajstić information content (AvgIpc) is 2.49. The third kappa shape index (κ3) is 3.14. The van der Waals surface area contributed by atoms with E-state index in [1.807, 2.05) is 6.92 Å². The second-order valence-electron chi connectivity index (χ2n) is 3.50. The zero-order valence-electron chi connectivity index (χ0n) is 9.34. The molecule has 0 unspecified atom stereocenters. The Labute approximate surface area is 86.1 Å². The summed E-state index contributed by atoms with van der Waals surface area (Å²) in [6.45, 7) is 8.86. The van der Waals surface area contributed by atoms with Crippen molar-refractivity contribution in [3.63, 3.8) is 0 Å². The predicted octanol–water partition coefficient (Wildman–Crippen LogP) is 2.12. The minimum Gasteiger partial charge on any atom is -0.381 e. The number of ether oxygens (including phenoxy) is 1. The van der Waals surface area contributed by atoms with Gasteiger partial charge in [-0.1, -0.05) is 6.92 Å². The van der Waals surface area contributed by atoms with Crippen LogP contribution < -0.4 is 0 Å². The highest BCUT2D eigenvalue weighted by Crippen LogP contribution is 2.04. The van der Waals surface area contributed by atoms with Crippen molar-refractivity contribution < 1.29 is 4.74 Å². The van der Waals surface area contributed by atoms with Gasteiger partial charge in [-0.3, -0.25) is 0 Å². The summed E-state index contributed by atoms with van der Waals surface area (Å²) in [4.78, 5) is 4.13. The summed E-state index contributed by atoms with van der Waals surface area (Å²) in [7, 11) is 0. The molecule has 0 fully saturated rings. The van der Waals surface area contributed by atoms with Gasteiger partial charge in [0.2, 0.25) is 0 Å². The Balaban J connectivity index is 2.21. The Morgan fingerprint density at radius 2 is 2.14 bits per heavy atom. The molecule has 1 rings (SSSR count). The number of hydrogen-bond acceptors (Lipinski definition) is 2. The van der Waals surface area contributed by atoms with Gasteiger partial charge in [0.1, 0.15) is 0 Å². The van der Waals surface area contributed by atoms with Gasteiger partial charge in [-0.15, -0.1) is 0 Å². The molecular formula is C11H19N2O. The number of aryl methyl sites for hydroxylation is 2. The molecule has 0 aromatic carbocycles. The van der Waals surface area contributed by atoms with Gasteiger partial charge in [0.15, 0.2) is 6.33 Å². The van der Waals surface area contributed by atoms with E-state index in [0.29, 0.717) is 0 Å². The fourth-order valence-electron chi connectivity index (χ4n) is 1.28. The van der Waals surface area contributed by atoms with Crippen LogP contribution in [-0.4, -0.2) is 22.8 Å². The first-order chi connectivity index (χ1) is 6.75. The zero-order chi connectivity index (χ0) is 10.4. The van der Waals surface area contributed by atoms with Crippen LogP contribution in [0.25, 0.3) is 0 Å². The standard InChI is InChI=1S/C11H19N2O/c1-4-7-14-8-5-6-13-9-12-10(2)11(13)3/h4-8H2,1-3H3. The van der Waals surface area contributed by atoms with Crippen molar-refractivity contribution >= 4 is 0 Å². The molecular weight excluding hydrogens is 176 g/mol. The third-order valence-electron chi connectivity index (χ3n) is 2.29. The van der Waals surface area contributed by atoms with Crippen molar-refractivity contribution in [3.05, 3.63) is 17.7 Å². The molecule has 0 atom stereocenters. The van der Waals surface area contributed by atoms with Crippen LogP contribution in [-0.2, 0) is 11.3 Å². The van der Waals surface area contributed by atoms with Gasteiger partial charge < -0.3 is 9.30 Å². The molecule has 0 saturated heterocycles. The molecule has 0 bridgehead atoms. The fraction of sp³-hybridized carbons (Fsp3) is 0.727. The lowest BCUT2D eigenvalue weighted by molar-refractivity contribution is 0.129. The summed E-state index contributed by atoms with van der Waals surface area (Å²) >= 11 is 0. The van der Waals surface area contributed by atoms with E-state index in [9.17, 15) is 0 Å². The Bertz CT molecular complexity index is 268. The number of hydrogen-bond donors (Lipinski definition) is 0. The molecule has 3 nitrogen and oxygen atoms in total. The van der Waals surface area contributed by atoms with Crippen molar-refractivity contribution in [2.24, 2.45) is 0 Å². The van der Waals surface area contributed by atoms with Gasteiger partial charge in [0, 0.05) is 25.5 Å². The molecule has 1 aromatic rings. The molecule has 0 saturated carbocycles. The molecule has 1 heterocycles. The molecule has 14 heavy (non-hydrogen) atoms. The van der Waals surface area contributed by atoms with Crippen molar-refractivity contribution in [2.75, 3.05) is 13.2 Å². The monoisotopic (exact) mass is 195 g/mol. The van der Waals surface area contributed by atoms with Crippen LogP contribution in [0.1, 0.15) is 31.2 Å². The second-order valence-corrected chi connectivity index (χ2v) is 3.50. The first kappa shape index (κ1) is 11.2. The SMILES string of the molecule is CCCOCCCn1[c]nc(C)c1C. The van der Waals surface area contributed by atoms with Gasteiger partial charge in [-0.25, -0.2) is 4.98 Å². The Morgan fingerprint density at radius 3 is 2.71 bits per heavy atom. The first-order valence-electron chi connectivity index (χ1n) is 5.25. The predicted molar refractivity (Wildman–Crippen MR) is 56.3 cm³/mol. The summed E-state index contributed by atoms with van der Waals surface area (Å²) in [5, 5.41) is 0. The first-order valence-corrected chi connectivity index (χ1v) is 5.25. The lowest BCUT2D eigenvalue weighted by Gasteiger charge is -2.05. The lowest BCUT2D eigenvalue weighted by atomic mass is 10.3. The van der Waals surface area contributed by atoms with Crippen molar-refractivity contribution in [1.29, 1.82) is 0 Å². The average molecular weight is 195 g/mol. The largest absolute Gasteiger partial charge is 0.381 e. The minimum absolute atomic E-state index is 0.832. The number of aromatic nitrogens is 2. The number of rotatable bonds is 6. The summed E-state index contributed by atoms with van der Waals surface area (Å²) in [5.41, 5.74) is 2.28.